The Morgan fingerprint density at radius 1 is 1.15 bits per heavy atom. The van der Waals surface area contributed by atoms with Crippen molar-refractivity contribution in [3.05, 3.63) is 30.1 Å². The van der Waals surface area contributed by atoms with Gasteiger partial charge in [0, 0.05) is 11.1 Å². The normalized spacial score (nSPS) is 10.3. The van der Waals surface area contributed by atoms with Crippen molar-refractivity contribution in [1.29, 1.82) is 0 Å². The number of aromatic nitrogens is 2. The van der Waals surface area contributed by atoms with Crippen LogP contribution in [0, 0.1) is 0 Å². The Morgan fingerprint density at radius 3 is 2.60 bits per heavy atom. The zero-order valence-corrected chi connectivity index (χ0v) is 12.0. The predicted octanol–water partition coefficient (Wildman–Crippen LogP) is 2.70. The van der Waals surface area contributed by atoms with E-state index in [4.69, 9.17) is 15.2 Å². The van der Waals surface area contributed by atoms with E-state index in [1.54, 1.807) is 14.2 Å². The predicted molar refractivity (Wildman–Crippen MR) is 79.0 cm³/mol. The summed E-state index contributed by atoms with van der Waals surface area (Å²) in [7, 11) is 3.27. The molecular weight excluding hydrogens is 254 g/mol. The van der Waals surface area contributed by atoms with Crippen LogP contribution in [-0.4, -0.2) is 24.2 Å². The van der Waals surface area contributed by atoms with Crippen LogP contribution in [0.4, 0.5) is 5.82 Å². The first-order valence-corrected chi connectivity index (χ1v) is 6.53. The lowest BCUT2D eigenvalue weighted by Crippen LogP contribution is -2.03. The molecule has 2 rings (SSSR count). The number of nitrogen functional groups attached to an aromatic ring is 1. The van der Waals surface area contributed by atoms with E-state index in [1.165, 1.54) is 6.33 Å². The number of methoxy groups -OCH3 is 2. The van der Waals surface area contributed by atoms with Gasteiger partial charge in [0.15, 0.2) is 0 Å². The Labute approximate surface area is 118 Å². The van der Waals surface area contributed by atoms with E-state index in [2.05, 4.69) is 16.9 Å². The molecule has 20 heavy (non-hydrogen) atoms. The Hall–Kier alpha value is -2.30. The first-order chi connectivity index (χ1) is 9.71. The Morgan fingerprint density at radius 2 is 1.95 bits per heavy atom. The van der Waals surface area contributed by atoms with Crippen LogP contribution in [0.15, 0.2) is 24.5 Å². The second-order valence-corrected chi connectivity index (χ2v) is 4.40. The van der Waals surface area contributed by atoms with E-state index >= 15 is 0 Å². The average Bonchev–Trinajstić information content (AvgIpc) is 2.49. The van der Waals surface area contributed by atoms with E-state index < -0.39 is 0 Å². The molecule has 0 unspecified atom stereocenters. The molecule has 5 heteroatoms. The molecule has 0 amide bonds. The van der Waals surface area contributed by atoms with E-state index in [-0.39, 0.29) is 0 Å². The molecule has 0 aliphatic heterocycles. The molecule has 5 nitrogen and oxygen atoms in total. The van der Waals surface area contributed by atoms with Gasteiger partial charge in [0.25, 0.3) is 0 Å². The monoisotopic (exact) mass is 273 g/mol. The lowest BCUT2D eigenvalue weighted by Gasteiger charge is -2.14. The molecule has 0 radical (unpaired) electrons. The maximum Gasteiger partial charge on any atom is 0.130 e. The SMILES string of the molecule is CCCc1c(N)ncnc1-c1cc(OC)ccc1OC. The van der Waals surface area contributed by atoms with Crippen molar-refractivity contribution < 1.29 is 9.47 Å². The minimum absolute atomic E-state index is 0.515. The number of rotatable bonds is 5. The van der Waals surface area contributed by atoms with Crippen molar-refractivity contribution in [1.82, 2.24) is 9.97 Å². The number of nitrogens with zero attached hydrogens (tertiary/aromatic N) is 2. The lowest BCUT2D eigenvalue weighted by atomic mass is 10.0. The first-order valence-electron chi connectivity index (χ1n) is 6.53. The topological polar surface area (TPSA) is 70.3 Å². The van der Waals surface area contributed by atoms with Gasteiger partial charge in [-0.05, 0) is 24.6 Å². The molecular formula is C15H19N3O2. The summed E-state index contributed by atoms with van der Waals surface area (Å²) in [5.74, 6) is 2.00. The molecule has 1 aromatic heterocycles. The van der Waals surface area contributed by atoms with Gasteiger partial charge < -0.3 is 15.2 Å². The molecule has 1 heterocycles. The number of anilines is 1. The summed E-state index contributed by atoms with van der Waals surface area (Å²) in [6.07, 6.45) is 3.27. The van der Waals surface area contributed by atoms with Crippen LogP contribution in [0.2, 0.25) is 0 Å². The van der Waals surface area contributed by atoms with Gasteiger partial charge in [-0.2, -0.15) is 0 Å². The third-order valence-electron chi connectivity index (χ3n) is 3.14. The fourth-order valence-corrected chi connectivity index (χ4v) is 2.15. The molecule has 0 fully saturated rings. The molecule has 106 valence electrons. The van der Waals surface area contributed by atoms with Crippen LogP contribution >= 0.6 is 0 Å². The van der Waals surface area contributed by atoms with Gasteiger partial charge in [-0.15, -0.1) is 0 Å². The van der Waals surface area contributed by atoms with Crippen LogP contribution in [0.1, 0.15) is 18.9 Å². The molecule has 2 aromatic rings. The first kappa shape index (κ1) is 14.1. The van der Waals surface area contributed by atoms with Crippen LogP contribution in [0.25, 0.3) is 11.3 Å². The number of hydrogen-bond donors (Lipinski definition) is 1. The minimum Gasteiger partial charge on any atom is -0.497 e. The second kappa shape index (κ2) is 6.23. The summed E-state index contributed by atoms with van der Waals surface area (Å²) < 4.78 is 10.7. The zero-order valence-electron chi connectivity index (χ0n) is 12.0. The highest BCUT2D eigenvalue weighted by atomic mass is 16.5. The van der Waals surface area contributed by atoms with E-state index in [0.29, 0.717) is 5.82 Å². The standard InChI is InChI=1S/C15H19N3O2/c1-4-5-11-14(17-9-18-15(11)16)12-8-10(19-2)6-7-13(12)20-3/h6-9H,4-5H2,1-3H3,(H2,16,17,18). The minimum atomic E-state index is 0.515. The van der Waals surface area contributed by atoms with Gasteiger partial charge >= 0.3 is 0 Å². The molecule has 0 aliphatic carbocycles. The zero-order chi connectivity index (χ0) is 14.5. The molecule has 2 N–H and O–H groups in total. The van der Waals surface area contributed by atoms with Crippen molar-refractivity contribution in [3.8, 4) is 22.8 Å². The summed E-state index contributed by atoms with van der Waals surface area (Å²) >= 11 is 0. The largest absolute Gasteiger partial charge is 0.497 e. The van der Waals surface area contributed by atoms with Gasteiger partial charge in [0.1, 0.15) is 23.6 Å². The van der Waals surface area contributed by atoms with Crippen molar-refractivity contribution in [2.75, 3.05) is 20.0 Å². The summed E-state index contributed by atoms with van der Waals surface area (Å²) in [5, 5.41) is 0. The number of hydrogen-bond acceptors (Lipinski definition) is 5. The van der Waals surface area contributed by atoms with Gasteiger partial charge in [0.05, 0.1) is 19.9 Å². The van der Waals surface area contributed by atoms with Gasteiger partial charge in [-0.3, -0.25) is 0 Å². The maximum atomic E-state index is 5.98. The molecule has 0 spiro atoms. The third kappa shape index (κ3) is 2.66. The third-order valence-corrected chi connectivity index (χ3v) is 3.14. The van der Waals surface area contributed by atoms with Crippen molar-refractivity contribution in [3.63, 3.8) is 0 Å². The van der Waals surface area contributed by atoms with Crippen LogP contribution in [-0.2, 0) is 6.42 Å². The van der Waals surface area contributed by atoms with Crippen molar-refractivity contribution in [2.24, 2.45) is 0 Å². The average molecular weight is 273 g/mol. The smallest absolute Gasteiger partial charge is 0.130 e. The molecule has 0 bridgehead atoms. The number of nitrogens with two attached hydrogens (primary N) is 1. The van der Waals surface area contributed by atoms with Crippen LogP contribution < -0.4 is 15.2 Å². The highest BCUT2D eigenvalue weighted by Crippen LogP contribution is 2.35. The van der Waals surface area contributed by atoms with E-state index in [0.717, 1.165) is 41.2 Å². The van der Waals surface area contributed by atoms with Gasteiger partial charge in [-0.25, -0.2) is 9.97 Å². The molecule has 0 saturated heterocycles. The Bertz CT molecular complexity index is 600. The van der Waals surface area contributed by atoms with Crippen molar-refractivity contribution >= 4 is 5.82 Å². The highest BCUT2D eigenvalue weighted by molar-refractivity contribution is 5.74. The maximum absolute atomic E-state index is 5.98. The van der Waals surface area contributed by atoms with Gasteiger partial charge in [0.2, 0.25) is 0 Å². The number of benzene rings is 1. The fourth-order valence-electron chi connectivity index (χ4n) is 2.15. The molecule has 0 aliphatic rings. The number of ether oxygens (including phenoxy) is 2. The van der Waals surface area contributed by atoms with Crippen LogP contribution in [0.5, 0.6) is 11.5 Å². The quantitative estimate of drug-likeness (QED) is 0.907. The van der Waals surface area contributed by atoms with Crippen LogP contribution in [0.3, 0.4) is 0 Å². The summed E-state index contributed by atoms with van der Waals surface area (Å²) in [4.78, 5) is 8.46. The fraction of sp³-hybridized carbons (Fsp3) is 0.333. The summed E-state index contributed by atoms with van der Waals surface area (Å²) in [6, 6.07) is 5.62. The lowest BCUT2D eigenvalue weighted by molar-refractivity contribution is 0.404. The second-order valence-electron chi connectivity index (χ2n) is 4.40. The van der Waals surface area contributed by atoms with Crippen molar-refractivity contribution in [2.45, 2.75) is 19.8 Å². The summed E-state index contributed by atoms with van der Waals surface area (Å²) in [6.45, 7) is 2.10. The van der Waals surface area contributed by atoms with E-state index in [9.17, 15) is 0 Å². The molecule has 0 atom stereocenters. The van der Waals surface area contributed by atoms with E-state index in [1.807, 2.05) is 18.2 Å². The Balaban J connectivity index is 2.63. The molecule has 0 saturated carbocycles. The van der Waals surface area contributed by atoms with Gasteiger partial charge in [-0.1, -0.05) is 13.3 Å². The summed E-state index contributed by atoms with van der Waals surface area (Å²) in [5.41, 5.74) is 8.60. The highest BCUT2D eigenvalue weighted by Gasteiger charge is 2.15. The Kier molecular flexibility index (Phi) is 4.40. The molecule has 1 aromatic carbocycles.